The summed E-state index contributed by atoms with van der Waals surface area (Å²) in [6, 6.07) is 8.94. The van der Waals surface area contributed by atoms with Gasteiger partial charge in [-0.1, -0.05) is 0 Å². The van der Waals surface area contributed by atoms with Crippen LogP contribution in [0, 0.1) is 0 Å². The van der Waals surface area contributed by atoms with E-state index in [1.807, 2.05) is 12.1 Å². The number of aromatic nitrogens is 1. The van der Waals surface area contributed by atoms with E-state index in [9.17, 15) is 4.79 Å². The maximum absolute atomic E-state index is 11.6. The minimum atomic E-state index is -0.537. The molecule has 7 nitrogen and oxygen atoms in total. The Balaban J connectivity index is 1.76. The molecule has 0 bridgehead atoms. The summed E-state index contributed by atoms with van der Waals surface area (Å²) in [5.74, 6) is 0.947. The van der Waals surface area contributed by atoms with E-state index in [1.165, 1.54) is 0 Å². The van der Waals surface area contributed by atoms with E-state index in [4.69, 9.17) is 14.7 Å². The zero-order valence-electron chi connectivity index (χ0n) is 13.4. The first kappa shape index (κ1) is 16.2. The number of nitrogens with zero attached hydrogens (tertiary/aromatic N) is 2. The molecule has 24 heavy (non-hydrogen) atoms. The standard InChI is InChI=1S/C17H19N3O4/c1-23-15-4-3-14(18-9-15)11-20-6-7-24-16-5-2-12(17(21)19-22)8-13(16)10-20/h2-5,8-9,22H,6-7,10-11H2,1H3,(H,19,21). The molecule has 1 aliphatic heterocycles. The number of carbonyl (C=O) groups excluding carboxylic acids is 1. The van der Waals surface area contributed by atoms with Crippen LogP contribution in [-0.2, 0) is 13.1 Å². The number of hydrogen-bond acceptors (Lipinski definition) is 6. The van der Waals surface area contributed by atoms with Gasteiger partial charge in [0.15, 0.2) is 0 Å². The van der Waals surface area contributed by atoms with Crippen molar-refractivity contribution in [2.75, 3.05) is 20.3 Å². The van der Waals surface area contributed by atoms with Gasteiger partial charge in [-0.05, 0) is 30.3 Å². The Labute approximate surface area is 139 Å². The van der Waals surface area contributed by atoms with E-state index >= 15 is 0 Å². The summed E-state index contributed by atoms with van der Waals surface area (Å²) < 4.78 is 10.9. The molecule has 0 spiro atoms. The van der Waals surface area contributed by atoms with Crippen molar-refractivity contribution in [2.24, 2.45) is 0 Å². The van der Waals surface area contributed by atoms with Gasteiger partial charge < -0.3 is 9.47 Å². The summed E-state index contributed by atoms with van der Waals surface area (Å²) in [5.41, 5.74) is 3.88. The second-order valence-electron chi connectivity index (χ2n) is 5.51. The molecule has 126 valence electrons. The van der Waals surface area contributed by atoms with Crippen molar-refractivity contribution in [1.29, 1.82) is 0 Å². The topological polar surface area (TPSA) is 83.9 Å². The molecular formula is C17H19N3O4. The van der Waals surface area contributed by atoms with Gasteiger partial charge in [-0.15, -0.1) is 0 Å². The first-order valence-corrected chi connectivity index (χ1v) is 7.61. The van der Waals surface area contributed by atoms with E-state index in [-0.39, 0.29) is 0 Å². The number of nitrogens with one attached hydrogen (secondary N) is 1. The number of amides is 1. The Morgan fingerprint density at radius 2 is 2.29 bits per heavy atom. The van der Waals surface area contributed by atoms with Crippen LogP contribution in [0.2, 0.25) is 0 Å². The smallest absolute Gasteiger partial charge is 0.274 e. The van der Waals surface area contributed by atoms with Crippen LogP contribution < -0.4 is 15.0 Å². The number of methoxy groups -OCH3 is 1. The first-order valence-electron chi connectivity index (χ1n) is 7.61. The molecule has 0 unspecified atom stereocenters. The highest BCUT2D eigenvalue weighted by Crippen LogP contribution is 2.25. The Morgan fingerprint density at radius 3 is 3.00 bits per heavy atom. The van der Waals surface area contributed by atoms with Gasteiger partial charge in [0.25, 0.3) is 5.91 Å². The lowest BCUT2D eigenvalue weighted by molar-refractivity contribution is 0.0706. The predicted octanol–water partition coefficient (Wildman–Crippen LogP) is 1.60. The second-order valence-corrected chi connectivity index (χ2v) is 5.51. The molecule has 2 heterocycles. The Bertz CT molecular complexity index is 718. The predicted molar refractivity (Wildman–Crippen MR) is 86.1 cm³/mol. The van der Waals surface area contributed by atoms with E-state index in [2.05, 4.69) is 9.88 Å². The van der Waals surface area contributed by atoms with E-state index in [0.717, 1.165) is 29.3 Å². The molecule has 1 amide bonds. The van der Waals surface area contributed by atoms with E-state index in [0.29, 0.717) is 25.3 Å². The summed E-state index contributed by atoms with van der Waals surface area (Å²) in [6.07, 6.45) is 1.70. The van der Waals surface area contributed by atoms with Crippen LogP contribution in [0.5, 0.6) is 11.5 Å². The lowest BCUT2D eigenvalue weighted by atomic mass is 10.1. The molecule has 1 aliphatic rings. The van der Waals surface area contributed by atoms with Crippen molar-refractivity contribution in [1.82, 2.24) is 15.4 Å². The average Bonchev–Trinajstić information content (AvgIpc) is 2.82. The summed E-state index contributed by atoms with van der Waals surface area (Å²) in [6.45, 7) is 2.62. The fraction of sp³-hybridized carbons (Fsp3) is 0.294. The third kappa shape index (κ3) is 3.64. The maximum atomic E-state index is 11.6. The highest BCUT2D eigenvalue weighted by molar-refractivity contribution is 5.93. The summed E-state index contributed by atoms with van der Waals surface area (Å²) in [4.78, 5) is 18.2. The van der Waals surface area contributed by atoms with Crippen LogP contribution in [-0.4, -0.2) is 41.3 Å². The Morgan fingerprint density at radius 1 is 1.42 bits per heavy atom. The summed E-state index contributed by atoms with van der Waals surface area (Å²) in [7, 11) is 1.61. The normalized spacial score (nSPS) is 14.2. The van der Waals surface area contributed by atoms with Gasteiger partial charge in [-0.2, -0.15) is 0 Å². The van der Waals surface area contributed by atoms with Crippen molar-refractivity contribution in [3.05, 3.63) is 53.3 Å². The Hall–Kier alpha value is -2.64. The quantitative estimate of drug-likeness (QED) is 0.655. The van der Waals surface area contributed by atoms with Crippen LogP contribution in [0.25, 0.3) is 0 Å². The zero-order valence-corrected chi connectivity index (χ0v) is 13.4. The van der Waals surface area contributed by atoms with Crippen molar-refractivity contribution in [3.63, 3.8) is 0 Å². The molecule has 0 saturated carbocycles. The number of rotatable bonds is 4. The van der Waals surface area contributed by atoms with Crippen molar-refractivity contribution >= 4 is 5.91 Å². The first-order chi connectivity index (χ1) is 11.7. The fourth-order valence-corrected chi connectivity index (χ4v) is 2.64. The molecule has 0 radical (unpaired) electrons. The molecule has 1 aromatic heterocycles. The van der Waals surface area contributed by atoms with Gasteiger partial charge in [0, 0.05) is 30.8 Å². The molecule has 2 N–H and O–H groups in total. The molecule has 0 fully saturated rings. The van der Waals surface area contributed by atoms with E-state index < -0.39 is 5.91 Å². The number of fused-ring (bicyclic) bond motifs is 1. The van der Waals surface area contributed by atoms with Gasteiger partial charge in [-0.25, -0.2) is 5.48 Å². The van der Waals surface area contributed by atoms with Gasteiger partial charge in [0.05, 0.1) is 19.0 Å². The van der Waals surface area contributed by atoms with Crippen molar-refractivity contribution < 1.29 is 19.5 Å². The van der Waals surface area contributed by atoms with Crippen LogP contribution in [0.1, 0.15) is 21.6 Å². The third-order valence-corrected chi connectivity index (χ3v) is 3.90. The van der Waals surface area contributed by atoms with Crippen LogP contribution in [0.4, 0.5) is 0 Å². The van der Waals surface area contributed by atoms with Crippen molar-refractivity contribution in [2.45, 2.75) is 13.1 Å². The molecule has 0 atom stereocenters. The second kappa shape index (κ2) is 7.29. The highest BCUT2D eigenvalue weighted by Gasteiger charge is 2.18. The molecule has 3 rings (SSSR count). The number of pyridine rings is 1. The van der Waals surface area contributed by atoms with Crippen LogP contribution >= 0.6 is 0 Å². The number of ether oxygens (including phenoxy) is 2. The van der Waals surface area contributed by atoms with E-state index in [1.54, 1.807) is 37.0 Å². The third-order valence-electron chi connectivity index (χ3n) is 3.90. The number of carbonyl (C=O) groups is 1. The zero-order chi connectivity index (χ0) is 16.9. The van der Waals surface area contributed by atoms with Crippen LogP contribution in [0.3, 0.4) is 0 Å². The lowest BCUT2D eigenvalue weighted by Gasteiger charge is -2.19. The van der Waals surface area contributed by atoms with Gasteiger partial charge in [-0.3, -0.25) is 19.9 Å². The SMILES string of the molecule is COc1ccc(CN2CCOc3ccc(C(=O)NO)cc3C2)nc1. The van der Waals surface area contributed by atoms with Gasteiger partial charge in [0.1, 0.15) is 18.1 Å². The fourth-order valence-electron chi connectivity index (χ4n) is 2.64. The van der Waals surface area contributed by atoms with Crippen molar-refractivity contribution in [3.8, 4) is 11.5 Å². The maximum Gasteiger partial charge on any atom is 0.274 e. The summed E-state index contributed by atoms with van der Waals surface area (Å²) in [5, 5.41) is 8.78. The largest absolute Gasteiger partial charge is 0.495 e. The lowest BCUT2D eigenvalue weighted by Crippen LogP contribution is -2.25. The number of hydrogen-bond donors (Lipinski definition) is 2. The van der Waals surface area contributed by atoms with Crippen LogP contribution in [0.15, 0.2) is 36.5 Å². The molecule has 1 aromatic carbocycles. The van der Waals surface area contributed by atoms with Gasteiger partial charge >= 0.3 is 0 Å². The monoisotopic (exact) mass is 329 g/mol. The summed E-state index contributed by atoms with van der Waals surface area (Å²) >= 11 is 0. The molecule has 7 heteroatoms. The highest BCUT2D eigenvalue weighted by atomic mass is 16.5. The minimum Gasteiger partial charge on any atom is -0.495 e. The Kier molecular flexibility index (Phi) is 4.93. The molecular weight excluding hydrogens is 310 g/mol. The average molecular weight is 329 g/mol. The number of hydroxylamine groups is 1. The minimum absolute atomic E-state index is 0.393. The van der Waals surface area contributed by atoms with Gasteiger partial charge in [0.2, 0.25) is 0 Å². The molecule has 2 aromatic rings. The number of benzene rings is 1. The molecule has 0 aliphatic carbocycles. The molecule has 0 saturated heterocycles.